The average Bonchev–Trinajstić information content (AvgIpc) is 3.45. The van der Waals surface area contributed by atoms with Crippen LogP contribution in [-0.4, -0.2) is 41.5 Å². The Morgan fingerprint density at radius 1 is 1.06 bits per heavy atom. The van der Waals surface area contributed by atoms with Gasteiger partial charge in [-0.2, -0.15) is 0 Å². The zero-order chi connectivity index (χ0) is 25.3. The molecular weight excluding hydrogens is 442 g/mol. The van der Waals surface area contributed by atoms with Gasteiger partial charge >= 0.3 is 0 Å². The van der Waals surface area contributed by atoms with E-state index >= 15 is 0 Å². The second-order valence-electron chi connectivity index (χ2n) is 10.3. The lowest BCUT2D eigenvalue weighted by molar-refractivity contribution is -0.141. The van der Waals surface area contributed by atoms with Crippen LogP contribution < -0.4 is 9.47 Å². The molecule has 2 aromatic rings. The van der Waals surface area contributed by atoms with Gasteiger partial charge in [-0.1, -0.05) is 45.7 Å². The largest absolute Gasteiger partial charge is 0.507 e. The van der Waals surface area contributed by atoms with Gasteiger partial charge in [-0.25, -0.2) is 0 Å². The number of methoxy groups -OCH3 is 1. The van der Waals surface area contributed by atoms with Crippen LogP contribution in [0, 0.1) is 0 Å². The highest BCUT2D eigenvalue weighted by molar-refractivity contribution is 6.46. The quantitative estimate of drug-likeness (QED) is 0.325. The van der Waals surface area contributed by atoms with Gasteiger partial charge in [0, 0.05) is 17.2 Å². The maximum Gasteiger partial charge on any atom is 0.295 e. The van der Waals surface area contributed by atoms with E-state index in [1.54, 1.807) is 24.1 Å². The van der Waals surface area contributed by atoms with Crippen molar-refractivity contribution in [2.45, 2.75) is 70.9 Å². The second-order valence-corrected chi connectivity index (χ2v) is 10.3. The zero-order valence-electron chi connectivity index (χ0n) is 21.3. The lowest BCUT2D eigenvalue weighted by Crippen LogP contribution is -2.37. The minimum atomic E-state index is -0.644. The Morgan fingerprint density at radius 3 is 2.29 bits per heavy atom. The molecule has 1 saturated carbocycles. The van der Waals surface area contributed by atoms with Crippen molar-refractivity contribution in [3.05, 3.63) is 64.7 Å². The van der Waals surface area contributed by atoms with Gasteiger partial charge in [0.05, 0.1) is 25.3 Å². The summed E-state index contributed by atoms with van der Waals surface area (Å²) in [5.74, 6) is 0.0988. The van der Waals surface area contributed by atoms with Crippen molar-refractivity contribution >= 4 is 17.4 Å². The van der Waals surface area contributed by atoms with Gasteiger partial charge in [0.1, 0.15) is 17.3 Å². The first kappa shape index (κ1) is 24.8. The van der Waals surface area contributed by atoms with Crippen molar-refractivity contribution in [3.8, 4) is 11.5 Å². The highest BCUT2D eigenvalue weighted by Gasteiger charge is 2.49. The summed E-state index contributed by atoms with van der Waals surface area (Å²) < 4.78 is 11.1. The Kier molecular flexibility index (Phi) is 6.93. The van der Waals surface area contributed by atoms with Crippen molar-refractivity contribution in [2.75, 3.05) is 13.7 Å². The van der Waals surface area contributed by atoms with E-state index in [0.717, 1.165) is 42.6 Å². The molecule has 1 saturated heterocycles. The van der Waals surface area contributed by atoms with E-state index in [4.69, 9.17) is 9.47 Å². The number of rotatable bonds is 6. The molecule has 35 heavy (non-hydrogen) atoms. The minimum absolute atomic E-state index is 0.0191. The highest BCUT2D eigenvalue weighted by Crippen LogP contribution is 2.44. The van der Waals surface area contributed by atoms with Crippen LogP contribution in [0.15, 0.2) is 48.0 Å². The third-order valence-corrected chi connectivity index (χ3v) is 6.99. The maximum absolute atomic E-state index is 13.4. The van der Waals surface area contributed by atoms with Crippen LogP contribution in [0.4, 0.5) is 0 Å². The van der Waals surface area contributed by atoms with Crippen molar-refractivity contribution in [3.63, 3.8) is 0 Å². The first-order chi connectivity index (χ1) is 16.7. The zero-order valence-corrected chi connectivity index (χ0v) is 21.3. The second kappa shape index (κ2) is 9.76. The summed E-state index contributed by atoms with van der Waals surface area (Å²) in [4.78, 5) is 28.4. The first-order valence-electron chi connectivity index (χ1n) is 12.4. The molecule has 6 nitrogen and oxygen atoms in total. The molecule has 1 heterocycles. The normalized spacial score (nSPS) is 20.5. The van der Waals surface area contributed by atoms with Crippen molar-refractivity contribution in [1.82, 2.24) is 4.90 Å². The summed E-state index contributed by atoms with van der Waals surface area (Å²) in [5, 5.41) is 11.5. The van der Waals surface area contributed by atoms with Crippen LogP contribution in [0.5, 0.6) is 11.5 Å². The van der Waals surface area contributed by atoms with Gasteiger partial charge in [0.15, 0.2) is 0 Å². The van der Waals surface area contributed by atoms with Crippen LogP contribution in [0.1, 0.15) is 76.1 Å². The number of Topliss-reactive ketones (excluding diaryl/α,β-unsaturated/α-hetero) is 1. The van der Waals surface area contributed by atoms with Crippen LogP contribution in [0.3, 0.4) is 0 Å². The van der Waals surface area contributed by atoms with Crippen molar-refractivity contribution < 1.29 is 24.2 Å². The number of aliphatic hydroxyl groups is 1. The molecule has 1 atom stereocenters. The summed E-state index contributed by atoms with van der Waals surface area (Å²) in [7, 11) is 1.61. The molecule has 0 radical (unpaired) electrons. The van der Waals surface area contributed by atoms with Crippen LogP contribution in [-0.2, 0) is 15.0 Å². The predicted molar refractivity (Wildman–Crippen MR) is 136 cm³/mol. The Morgan fingerprint density at radius 2 is 1.71 bits per heavy atom. The topological polar surface area (TPSA) is 76.1 Å². The van der Waals surface area contributed by atoms with E-state index in [2.05, 4.69) is 20.8 Å². The van der Waals surface area contributed by atoms with E-state index in [1.807, 2.05) is 37.3 Å². The van der Waals surface area contributed by atoms with Crippen LogP contribution in [0.2, 0.25) is 0 Å². The van der Waals surface area contributed by atoms with Gasteiger partial charge in [0.2, 0.25) is 0 Å². The molecule has 1 N–H and O–H groups in total. The number of hydrogen-bond donors (Lipinski definition) is 1. The lowest BCUT2D eigenvalue weighted by atomic mass is 9.84. The van der Waals surface area contributed by atoms with E-state index in [9.17, 15) is 14.7 Å². The summed E-state index contributed by atoms with van der Waals surface area (Å²) >= 11 is 0. The fourth-order valence-corrected chi connectivity index (χ4v) is 5.25. The Bertz CT molecular complexity index is 1140. The highest BCUT2D eigenvalue weighted by atomic mass is 16.5. The Labute approximate surface area is 207 Å². The van der Waals surface area contributed by atoms with Gasteiger partial charge in [-0.05, 0) is 61.1 Å². The van der Waals surface area contributed by atoms with Crippen LogP contribution >= 0.6 is 0 Å². The number of aliphatic hydroxyl groups excluding tert-OH is 1. The predicted octanol–water partition coefficient (Wildman–Crippen LogP) is 5.76. The molecule has 1 amide bonds. The number of ketones is 1. The van der Waals surface area contributed by atoms with Crippen LogP contribution in [0.25, 0.3) is 5.76 Å². The van der Waals surface area contributed by atoms with E-state index < -0.39 is 17.7 Å². The Hall–Kier alpha value is -3.28. The molecule has 0 spiro atoms. The number of likely N-dealkylation sites (tertiary alicyclic amines) is 1. The van der Waals surface area contributed by atoms with Gasteiger partial charge in [-0.3, -0.25) is 9.59 Å². The fraction of sp³-hybridized carbons (Fsp3) is 0.448. The van der Waals surface area contributed by atoms with Crippen molar-refractivity contribution in [1.29, 1.82) is 0 Å². The SMILES string of the molecule is CCOc1ccc(C2/C(=C(/O)c3ccc(OC)c(C(C)(C)C)c3)C(=O)C(=O)N2C2CCCC2)cc1. The molecule has 1 aliphatic heterocycles. The molecular formula is C29H35NO5. The van der Waals surface area contributed by atoms with Gasteiger partial charge < -0.3 is 19.5 Å². The molecule has 186 valence electrons. The fourth-order valence-electron chi connectivity index (χ4n) is 5.25. The number of carbonyl (C=O) groups is 2. The standard InChI is InChI=1S/C29H35NO5/c1-6-35-21-14-11-18(12-15-21)25-24(27(32)28(33)30(25)20-9-7-8-10-20)26(31)19-13-16-23(34-5)22(17-19)29(2,3)4/h11-17,20,25,31H,6-10H2,1-5H3/b26-24-. The van der Waals surface area contributed by atoms with Crippen molar-refractivity contribution in [2.24, 2.45) is 0 Å². The average molecular weight is 478 g/mol. The summed E-state index contributed by atoms with van der Waals surface area (Å²) in [6.07, 6.45) is 3.77. The molecule has 0 bridgehead atoms. The molecule has 2 fully saturated rings. The van der Waals surface area contributed by atoms with Gasteiger partial charge in [-0.15, -0.1) is 0 Å². The minimum Gasteiger partial charge on any atom is -0.507 e. The monoisotopic (exact) mass is 477 g/mol. The number of benzene rings is 2. The summed E-state index contributed by atoms with van der Waals surface area (Å²) in [6.45, 7) is 8.66. The molecule has 4 rings (SSSR count). The summed E-state index contributed by atoms with van der Waals surface area (Å²) in [5.41, 5.74) is 2.08. The number of ether oxygens (including phenoxy) is 2. The van der Waals surface area contributed by atoms with E-state index in [0.29, 0.717) is 17.9 Å². The number of amides is 1. The molecule has 2 aliphatic rings. The third kappa shape index (κ3) is 4.66. The number of nitrogens with zero attached hydrogens (tertiary/aromatic N) is 1. The van der Waals surface area contributed by atoms with E-state index in [-0.39, 0.29) is 22.8 Å². The smallest absolute Gasteiger partial charge is 0.295 e. The Balaban J connectivity index is 1.87. The molecule has 1 unspecified atom stereocenters. The molecule has 0 aromatic heterocycles. The maximum atomic E-state index is 13.4. The molecule has 2 aromatic carbocycles. The number of carbonyl (C=O) groups excluding carboxylic acids is 2. The first-order valence-corrected chi connectivity index (χ1v) is 12.4. The summed E-state index contributed by atoms with van der Waals surface area (Å²) in [6, 6.07) is 12.2. The lowest BCUT2D eigenvalue weighted by Gasteiger charge is -2.31. The molecule has 1 aliphatic carbocycles. The number of hydrogen-bond acceptors (Lipinski definition) is 5. The van der Waals surface area contributed by atoms with Gasteiger partial charge in [0.25, 0.3) is 11.7 Å². The molecule has 6 heteroatoms. The van der Waals surface area contributed by atoms with E-state index in [1.165, 1.54) is 0 Å². The third-order valence-electron chi connectivity index (χ3n) is 6.99.